The van der Waals surface area contributed by atoms with Crippen molar-refractivity contribution in [3.8, 4) is 12.3 Å². The van der Waals surface area contributed by atoms with Gasteiger partial charge in [0.15, 0.2) is 0 Å². The molecule has 0 unspecified atom stereocenters. The molecule has 12 heavy (non-hydrogen) atoms. The molecule has 1 rings (SSSR count). The van der Waals surface area contributed by atoms with Crippen LogP contribution < -0.4 is 0 Å². The maximum atomic E-state index is 5.19. The zero-order valence-electron chi connectivity index (χ0n) is 7.10. The molecule has 0 heterocycles. The van der Waals surface area contributed by atoms with Gasteiger partial charge in [0, 0.05) is 10.9 Å². The Morgan fingerprint density at radius 2 is 2.25 bits per heavy atom. The van der Waals surface area contributed by atoms with E-state index in [1.807, 2.05) is 0 Å². The van der Waals surface area contributed by atoms with Gasteiger partial charge in [0.05, 0.1) is 0 Å². The largest absolute Gasteiger partial charge is 0.120 e. The van der Waals surface area contributed by atoms with Crippen molar-refractivity contribution in [1.82, 2.24) is 0 Å². The minimum absolute atomic E-state index is 0.821. The molecule has 1 heteroatoms. The van der Waals surface area contributed by atoms with Gasteiger partial charge in [-0.05, 0) is 30.5 Å². The van der Waals surface area contributed by atoms with Crippen molar-refractivity contribution < 1.29 is 0 Å². The van der Waals surface area contributed by atoms with Crippen molar-refractivity contribution in [3.05, 3.63) is 33.8 Å². The first kappa shape index (κ1) is 9.35. The predicted molar refractivity (Wildman–Crippen MR) is 56.0 cm³/mol. The predicted octanol–water partition coefficient (Wildman–Crippen LogP) is 3.32. The van der Waals surface area contributed by atoms with E-state index in [1.165, 1.54) is 11.1 Å². The van der Waals surface area contributed by atoms with E-state index in [2.05, 4.69) is 47.0 Å². The minimum atomic E-state index is 0.821. The molecule has 62 valence electrons. The lowest BCUT2D eigenvalue weighted by Gasteiger charge is -2.01. The summed E-state index contributed by atoms with van der Waals surface area (Å²) in [7, 11) is 0. The molecule has 0 amide bonds. The Balaban J connectivity index is 2.77. The summed E-state index contributed by atoms with van der Waals surface area (Å²) in [6.45, 7) is 2.09. The zero-order chi connectivity index (χ0) is 8.97. The van der Waals surface area contributed by atoms with Gasteiger partial charge in [-0.15, -0.1) is 12.3 Å². The first-order valence-electron chi connectivity index (χ1n) is 3.92. The zero-order valence-corrected chi connectivity index (χ0v) is 8.69. The van der Waals surface area contributed by atoms with Crippen LogP contribution in [-0.4, -0.2) is 0 Å². The van der Waals surface area contributed by atoms with Gasteiger partial charge in [-0.25, -0.2) is 0 Å². The normalized spacial score (nSPS) is 9.42. The lowest BCUT2D eigenvalue weighted by Crippen LogP contribution is -1.85. The highest BCUT2D eigenvalue weighted by Gasteiger charge is 1.95. The van der Waals surface area contributed by atoms with Gasteiger partial charge in [0.25, 0.3) is 0 Å². The summed E-state index contributed by atoms with van der Waals surface area (Å²) < 4.78 is 1.16. The highest BCUT2D eigenvalue weighted by Crippen LogP contribution is 2.17. The number of aryl methyl sites for hydroxylation is 2. The second kappa shape index (κ2) is 4.33. The maximum Gasteiger partial charge on any atom is 0.0204 e. The molecule has 0 saturated carbocycles. The van der Waals surface area contributed by atoms with Gasteiger partial charge in [-0.1, -0.05) is 28.1 Å². The Morgan fingerprint density at radius 1 is 1.50 bits per heavy atom. The van der Waals surface area contributed by atoms with E-state index in [0.717, 1.165) is 17.3 Å². The lowest BCUT2D eigenvalue weighted by molar-refractivity contribution is 1.02. The molecule has 1 aromatic carbocycles. The van der Waals surface area contributed by atoms with Gasteiger partial charge < -0.3 is 0 Å². The number of hydrogen-bond acceptors (Lipinski definition) is 0. The first-order chi connectivity index (χ1) is 5.74. The summed E-state index contributed by atoms with van der Waals surface area (Å²) in [5.41, 5.74) is 2.58. The number of halogens is 1. The van der Waals surface area contributed by atoms with Crippen molar-refractivity contribution in [3.63, 3.8) is 0 Å². The van der Waals surface area contributed by atoms with Crippen molar-refractivity contribution >= 4 is 15.9 Å². The van der Waals surface area contributed by atoms with Gasteiger partial charge >= 0.3 is 0 Å². The van der Waals surface area contributed by atoms with E-state index in [9.17, 15) is 0 Å². The number of terminal acetylenes is 1. The summed E-state index contributed by atoms with van der Waals surface area (Å²) in [4.78, 5) is 0. The van der Waals surface area contributed by atoms with Crippen LogP contribution in [0.15, 0.2) is 22.7 Å². The van der Waals surface area contributed by atoms with Crippen molar-refractivity contribution in [2.24, 2.45) is 0 Å². The molecule has 0 nitrogen and oxygen atoms in total. The van der Waals surface area contributed by atoms with Gasteiger partial charge in [-0.3, -0.25) is 0 Å². The van der Waals surface area contributed by atoms with Gasteiger partial charge in [-0.2, -0.15) is 0 Å². The average molecular weight is 223 g/mol. The minimum Gasteiger partial charge on any atom is -0.120 e. The molecular weight excluding hydrogens is 212 g/mol. The molecule has 0 aliphatic carbocycles. The summed E-state index contributed by atoms with van der Waals surface area (Å²) >= 11 is 3.46. The molecule has 1 aromatic rings. The van der Waals surface area contributed by atoms with Crippen LogP contribution in [0.4, 0.5) is 0 Å². The monoisotopic (exact) mass is 222 g/mol. The molecule has 0 aliphatic heterocycles. The number of rotatable bonds is 2. The topological polar surface area (TPSA) is 0 Å². The van der Waals surface area contributed by atoms with E-state index in [4.69, 9.17) is 6.42 Å². The fraction of sp³-hybridized carbons (Fsp3) is 0.273. The molecule has 0 bridgehead atoms. The van der Waals surface area contributed by atoms with E-state index < -0.39 is 0 Å². The average Bonchev–Trinajstić information content (AvgIpc) is 2.07. The molecule has 0 spiro atoms. The van der Waals surface area contributed by atoms with Crippen LogP contribution in [0, 0.1) is 19.3 Å². The molecule has 0 fully saturated rings. The highest BCUT2D eigenvalue weighted by atomic mass is 79.9. The Hall–Kier alpha value is -0.740. The third-order valence-electron chi connectivity index (χ3n) is 1.78. The van der Waals surface area contributed by atoms with Crippen LogP contribution in [0.2, 0.25) is 0 Å². The highest BCUT2D eigenvalue weighted by molar-refractivity contribution is 9.10. The van der Waals surface area contributed by atoms with E-state index in [0.29, 0.717) is 0 Å². The van der Waals surface area contributed by atoms with Gasteiger partial charge in [0.1, 0.15) is 0 Å². The third kappa shape index (κ3) is 2.39. The maximum absolute atomic E-state index is 5.19. The molecule has 0 saturated heterocycles. The molecular formula is C11H11Br. The van der Waals surface area contributed by atoms with Crippen molar-refractivity contribution in [2.45, 2.75) is 19.8 Å². The fourth-order valence-corrected chi connectivity index (χ4v) is 1.33. The Kier molecular flexibility index (Phi) is 3.37. The van der Waals surface area contributed by atoms with Crippen LogP contribution in [0.5, 0.6) is 0 Å². The fourth-order valence-electron chi connectivity index (χ4n) is 1.08. The molecule has 0 radical (unpaired) electrons. The van der Waals surface area contributed by atoms with Crippen LogP contribution >= 0.6 is 15.9 Å². The van der Waals surface area contributed by atoms with Crippen LogP contribution in [0.1, 0.15) is 17.5 Å². The Labute approximate surface area is 82.1 Å². The Morgan fingerprint density at radius 3 is 2.83 bits per heavy atom. The molecule has 0 atom stereocenters. The summed E-state index contributed by atoms with van der Waals surface area (Å²) in [6, 6.07) is 6.34. The van der Waals surface area contributed by atoms with Crippen molar-refractivity contribution in [1.29, 1.82) is 0 Å². The lowest BCUT2D eigenvalue weighted by atomic mass is 10.1. The second-order valence-corrected chi connectivity index (χ2v) is 3.64. The standard InChI is InChI=1S/C11H11Br/c1-3-4-5-10-6-7-11(12)9(2)8-10/h1,6-8H,4-5H2,2H3. The molecule has 0 aromatic heterocycles. The van der Waals surface area contributed by atoms with Crippen molar-refractivity contribution in [2.75, 3.05) is 0 Å². The quantitative estimate of drug-likeness (QED) is 0.674. The van der Waals surface area contributed by atoms with Crippen LogP contribution in [-0.2, 0) is 6.42 Å². The first-order valence-corrected chi connectivity index (χ1v) is 4.72. The number of hydrogen-bond donors (Lipinski definition) is 0. The van der Waals surface area contributed by atoms with E-state index in [1.54, 1.807) is 0 Å². The molecule has 0 N–H and O–H groups in total. The second-order valence-electron chi connectivity index (χ2n) is 2.79. The van der Waals surface area contributed by atoms with Gasteiger partial charge in [0.2, 0.25) is 0 Å². The van der Waals surface area contributed by atoms with Crippen LogP contribution in [0.25, 0.3) is 0 Å². The summed E-state index contributed by atoms with van der Waals surface area (Å²) in [5.74, 6) is 2.64. The summed E-state index contributed by atoms with van der Waals surface area (Å²) in [5, 5.41) is 0. The summed E-state index contributed by atoms with van der Waals surface area (Å²) in [6.07, 6.45) is 6.98. The Bertz CT molecular complexity index is 307. The molecule has 0 aliphatic rings. The number of benzene rings is 1. The SMILES string of the molecule is C#CCCc1ccc(Br)c(C)c1. The van der Waals surface area contributed by atoms with E-state index >= 15 is 0 Å². The third-order valence-corrected chi connectivity index (χ3v) is 2.67. The van der Waals surface area contributed by atoms with E-state index in [-0.39, 0.29) is 0 Å². The smallest absolute Gasteiger partial charge is 0.0204 e. The van der Waals surface area contributed by atoms with Crippen LogP contribution in [0.3, 0.4) is 0 Å².